The molecule has 0 N–H and O–H groups in total. The van der Waals surface area contributed by atoms with E-state index >= 15 is 0 Å². The summed E-state index contributed by atoms with van der Waals surface area (Å²) in [6, 6.07) is 0.517. The molecule has 2 heteroatoms. The highest BCUT2D eigenvalue weighted by molar-refractivity contribution is 5.76. The SMILES string of the molecule is CC(C)CC(=O)N(C)[C@H]1C[C@H](C(C)C)C1. The zero-order valence-corrected chi connectivity index (χ0v) is 10.8. The van der Waals surface area contributed by atoms with Crippen molar-refractivity contribution in [1.29, 1.82) is 0 Å². The first kappa shape index (κ1) is 12.5. The van der Waals surface area contributed by atoms with Gasteiger partial charge in [-0.25, -0.2) is 0 Å². The van der Waals surface area contributed by atoms with Gasteiger partial charge in [0.1, 0.15) is 0 Å². The molecule has 2 nitrogen and oxygen atoms in total. The average Bonchev–Trinajstić information content (AvgIpc) is 1.98. The predicted molar refractivity (Wildman–Crippen MR) is 63.6 cm³/mol. The Morgan fingerprint density at radius 2 is 1.80 bits per heavy atom. The topological polar surface area (TPSA) is 20.3 Å². The summed E-state index contributed by atoms with van der Waals surface area (Å²) in [5, 5.41) is 0. The Hall–Kier alpha value is -0.530. The maximum atomic E-state index is 11.8. The maximum Gasteiger partial charge on any atom is 0.222 e. The van der Waals surface area contributed by atoms with Gasteiger partial charge in [0, 0.05) is 19.5 Å². The molecule has 15 heavy (non-hydrogen) atoms. The summed E-state index contributed by atoms with van der Waals surface area (Å²) in [5.41, 5.74) is 0. The number of rotatable bonds is 4. The molecule has 0 saturated heterocycles. The molecule has 0 aromatic rings. The van der Waals surface area contributed by atoms with Crippen molar-refractivity contribution in [2.24, 2.45) is 17.8 Å². The zero-order chi connectivity index (χ0) is 11.6. The van der Waals surface area contributed by atoms with Gasteiger partial charge in [-0.05, 0) is 30.6 Å². The quantitative estimate of drug-likeness (QED) is 0.700. The second-order valence-corrected chi connectivity index (χ2v) is 5.73. The molecule has 1 amide bonds. The van der Waals surface area contributed by atoms with Gasteiger partial charge in [0.05, 0.1) is 0 Å². The van der Waals surface area contributed by atoms with E-state index < -0.39 is 0 Å². The minimum Gasteiger partial charge on any atom is -0.343 e. The molecule has 1 aliphatic carbocycles. The molecule has 1 saturated carbocycles. The summed E-state index contributed by atoms with van der Waals surface area (Å²) >= 11 is 0. The lowest BCUT2D eigenvalue weighted by Gasteiger charge is -2.43. The Labute approximate surface area is 94.0 Å². The van der Waals surface area contributed by atoms with Crippen molar-refractivity contribution in [1.82, 2.24) is 4.90 Å². The number of nitrogens with zero attached hydrogens (tertiary/aromatic N) is 1. The fraction of sp³-hybridized carbons (Fsp3) is 0.923. The molecule has 1 fully saturated rings. The van der Waals surface area contributed by atoms with Crippen LogP contribution in [-0.2, 0) is 4.79 Å². The van der Waals surface area contributed by atoms with E-state index in [2.05, 4.69) is 27.7 Å². The van der Waals surface area contributed by atoms with E-state index in [0.717, 1.165) is 11.8 Å². The van der Waals surface area contributed by atoms with Gasteiger partial charge in [-0.15, -0.1) is 0 Å². The Morgan fingerprint density at radius 3 is 2.20 bits per heavy atom. The third-order valence-electron chi connectivity index (χ3n) is 3.62. The van der Waals surface area contributed by atoms with Crippen LogP contribution in [0.4, 0.5) is 0 Å². The van der Waals surface area contributed by atoms with Gasteiger partial charge in [-0.2, -0.15) is 0 Å². The molecule has 1 rings (SSSR count). The Bertz CT molecular complexity index is 217. The smallest absolute Gasteiger partial charge is 0.222 e. The minimum absolute atomic E-state index is 0.317. The van der Waals surface area contributed by atoms with Crippen LogP contribution in [0.25, 0.3) is 0 Å². The lowest BCUT2D eigenvalue weighted by molar-refractivity contribution is -0.135. The molecule has 0 heterocycles. The third kappa shape index (κ3) is 3.22. The van der Waals surface area contributed by atoms with Gasteiger partial charge in [-0.1, -0.05) is 27.7 Å². The van der Waals surface area contributed by atoms with Gasteiger partial charge < -0.3 is 4.90 Å². The molecule has 0 unspecified atom stereocenters. The second-order valence-electron chi connectivity index (χ2n) is 5.73. The average molecular weight is 211 g/mol. The summed E-state index contributed by atoms with van der Waals surface area (Å²) < 4.78 is 0. The Kier molecular flexibility index (Phi) is 4.18. The third-order valence-corrected chi connectivity index (χ3v) is 3.62. The normalized spacial score (nSPS) is 25.5. The molecule has 0 aliphatic heterocycles. The van der Waals surface area contributed by atoms with E-state index in [4.69, 9.17) is 0 Å². The highest BCUT2D eigenvalue weighted by atomic mass is 16.2. The zero-order valence-electron chi connectivity index (χ0n) is 10.8. The van der Waals surface area contributed by atoms with Crippen molar-refractivity contribution in [2.45, 2.75) is 53.0 Å². The van der Waals surface area contributed by atoms with E-state index in [1.165, 1.54) is 12.8 Å². The molecule has 0 aromatic heterocycles. The van der Waals surface area contributed by atoms with Crippen molar-refractivity contribution < 1.29 is 4.79 Å². The number of carbonyl (C=O) groups excluding carboxylic acids is 1. The fourth-order valence-corrected chi connectivity index (χ4v) is 2.19. The van der Waals surface area contributed by atoms with Crippen LogP contribution in [0.3, 0.4) is 0 Å². The predicted octanol–water partition coefficient (Wildman–Crippen LogP) is 2.93. The van der Waals surface area contributed by atoms with Crippen LogP contribution < -0.4 is 0 Å². The molecule has 0 aromatic carbocycles. The monoisotopic (exact) mass is 211 g/mol. The molecule has 0 atom stereocenters. The van der Waals surface area contributed by atoms with Crippen LogP contribution >= 0.6 is 0 Å². The summed E-state index contributed by atoms with van der Waals surface area (Å²) in [6.07, 6.45) is 3.11. The standard InChI is InChI=1S/C13H25NO/c1-9(2)6-13(15)14(5)12-7-11(8-12)10(3)4/h9-12H,6-8H2,1-5H3/t11-,12-. The van der Waals surface area contributed by atoms with Crippen molar-refractivity contribution in [3.05, 3.63) is 0 Å². The van der Waals surface area contributed by atoms with Gasteiger partial charge >= 0.3 is 0 Å². The summed E-state index contributed by atoms with van der Waals surface area (Å²) in [4.78, 5) is 13.8. The number of hydrogen-bond donors (Lipinski definition) is 0. The first-order valence-electron chi connectivity index (χ1n) is 6.17. The number of hydrogen-bond acceptors (Lipinski definition) is 1. The number of carbonyl (C=O) groups is 1. The molecular weight excluding hydrogens is 186 g/mol. The van der Waals surface area contributed by atoms with E-state index in [0.29, 0.717) is 24.3 Å². The Balaban J connectivity index is 2.31. The first-order valence-corrected chi connectivity index (χ1v) is 6.17. The van der Waals surface area contributed by atoms with Crippen LogP contribution in [0.5, 0.6) is 0 Å². The van der Waals surface area contributed by atoms with Crippen LogP contribution in [0.2, 0.25) is 0 Å². The van der Waals surface area contributed by atoms with Crippen LogP contribution in [0, 0.1) is 17.8 Å². The summed E-state index contributed by atoms with van der Waals surface area (Å²) in [7, 11) is 1.96. The van der Waals surface area contributed by atoms with Gasteiger partial charge in [0.15, 0.2) is 0 Å². The maximum absolute atomic E-state index is 11.8. The highest BCUT2D eigenvalue weighted by Crippen LogP contribution is 2.36. The largest absolute Gasteiger partial charge is 0.343 e. The number of amides is 1. The summed E-state index contributed by atoms with van der Waals surface area (Å²) in [6.45, 7) is 8.75. The van der Waals surface area contributed by atoms with Crippen molar-refractivity contribution in [2.75, 3.05) is 7.05 Å². The van der Waals surface area contributed by atoms with Gasteiger partial charge in [-0.3, -0.25) is 4.79 Å². The molecular formula is C13H25NO. The minimum atomic E-state index is 0.317. The van der Waals surface area contributed by atoms with E-state index in [1.54, 1.807) is 0 Å². The molecule has 0 radical (unpaired) electrons. The van der Waals surface area contributed by atoms with Crippen LogP contribution in [0.1, 0.15) is 47.0 Å². The molecule has 88 valence electrons. The van der Waals surface area contributed by atoms with Crippen LogP contribution in [0.15, 0.2) is 0 Å². The lowest BCUT2D eigenvalue weighted by Crippen LogP contribution is -2.47. The molecule has 1 aliphatic rings. The first-order chi connectivity index (χ1) is 6.91. The van der Waals surface area contributed by atoms with E-state index in [-0.39, 0.29) is 0 Å². The second kappa shape index (κ2) is 5.00. The summed E-state index contributed by atoms with van der Waals surface area (Å²) in [5.74, 6) is 2.40. The van der Waals surface area contributed by atoms with E-state index in [1.807, 2.05) is 11.9 Å². The molecule has 0 bridgehead atoms. The van der Waals surface area contributed by atoms with Crippen molar-refractivity contribution >= 4 is 5.91 Å². The van der Waals surface area contributed by atoms with Gasteiger partial charge in [0.2, 0.25) is 5.91 Å². The fourth-order valence-electron chi connectivity index (χ4n) is 2.19. The highest BCUT2D eigenvalue weighted by Gasteiger charge is 2.35. The van der Waals surface area contributed by atoms with E-state index in [9.17, 15) is 4.79 Å². The van der Waals surface area contributed by atoms with Crippen molar-refractivity contribution in [3.63, 3.8) is 0 Å². The van der Waals surface area contributed by atoms with Gasteiger partial charge in [0.25, 0.3) is 0 Å². The Morgan fingerprint density at radius 1 is 1.27 bits per heavy atom. The van der Waals surface area contributed by atoms with Crippen molar-refractivity contribution in [3.8, 4) is 0 Å². The van der Waals surface area contributed by atoms with Crippen LogP contribution in [-0.4, -0.2) is 23.9 Å². The lowest BCUT2D eigenvalue weighted by atomic mass is 9.73. The molecule has 0 spiro atoms.